The van der Waals surface area contributed by atoms with E-state index in [1.165, 1.54) is 6.92 Å². The predicted octanol–water partition coefficient (Wildman–Crippen LogP) is 1.67. The van der Waals surface area contributed by atoms with Gasteiger partial charge in [-0.25, -0.2) is 0 Å². The molecule has 0 heterocycles. The van der Waals surface area contributed by atoms with E-state index >= 15 is 0 Å². The van der Waals surface area contributed by atoms with Crippen LogP contribution in [0.15, 0.2) is 0 Å². The van der Waals surface area contributed by atoms with Crippen molar-refractivity contribution >= 4 is 11.9 Å². The van der Waals surface area contributed by atoms with Gasteiger partial charge in [-0.05, 0) is 27.7 Å². The summed E-state index contributed by atoms with van der Waals surface area (Å²) in [7, 11) is 0. The highest BCUT2D eigenvalue weighted by Crippen LogP contribution is 2.18. The van der Waals surface area contributed by atoms with E-state index in [9.17, 15) is 9.59 Å². The fourth-order valence-electron chi connectivity index (χ4n) is 1.14. The molecule has 96 valence electrons. The first-order chi connectivity index (χ1) is 7.72. The summed E-state index contributed by atoms with van der Waals surface area (Å²) in [6.45, 7) is 8.47. The van der Waals surface area contributed by atoms with Crippen LogP contribution in [0.1, 0.15) is 34.6 Å². The van der Waals surface area contributed by atoms with Crippen LogP contribution in [0.4, 0.5) is 0 Å². The van der Waals surface area contributed by atoms with Crippen molar-refractivity contribution in [2.75, 3.05) is 6.61 Å². The Kier molecular flexibility index (Phi) is 5.66. The molecule has 0 rings (SSSR count). The van der Waals surface area contributed by atoms with Crippen LogP contribution in [0.25, 0.3) is 0 Å². The first-order valence-corrected chi connectivity index (χ1v) is 5.52. The lowest BCUT2D eigenvalue weighted by atomic mass is 9.95. The minimum atomic E-state index is -1.13. The zero-order valence-corrected chi connectivity index (χ0v) is 10.9. The van der Waals surface area contributed by atoms with Crippen molar-refractivity contribution in [1.82, 2.24) is 0 Å². The van der Waals surface area contributed by atoms with Crippen molar-refractivity contribution in [3.63, 3.8) is 0 Å². The maximum Gasteiger partial charge on any atom is 0.324 e. The third-order valence-corrected chi connectivity index (χ3v) is 1.96. The van der Waals surface area contributed by atoms with E-state index in [2.05, 4.69) is 0 Å². The van der Waals surface area contributed by atoms with Crippen LogP contribution in [0.5, 0.6) is 0 Å². The molecule has 0 spiro atoms. The van der Waals surface area contributed by atoms with Gasteiger partial charge in [-0.2, -0.15) is 5.26 Å². The molecule has 0 aromatic rings. The van der Waals surface area contributed by atoms with Crippen LogP contribution in [-0.4, -0.2) is 24.1 Å². The molecule has 0 saturated carbocycles. The lowest BCUT2D eigenvalue weighted by Gasteiger charge is -2.23. The highest BCUT2D eigenvalue weighted by Gasteiger charge is 2.34. The molecule has 0 fully saturated rings. The van der Waals surface area contributed by atoms with Gasteiger partial charge in [0.05, 0.1) is 18.6 Å². The smallest absolute Gasteiger partial charge is 0.324 e. The number of carbonyl (C=O) groups is 2. The SMILES string of the molecule is CCOC(=O)[C@H](C)C(C#N)C(=O)OC(C)(C)C. The fraction of sp³-hybridized carbons (Fsp3) is 0.750. The molecule has 0 bridgehead atoms. The Balaban J connectivity index is 4.68. The number of nitrogens with zero attached hydrogens (tertiary/aromatic N) is 1. The summed E-state index contributed by atoms with van der Waals surface area (Å²) < 4.78 is 9.84. The maximum absolute atomic E-state index is 11.7. The van der Waals surface area contributed by atoms with Crippen LogP contribution >= 0.6 is 0 Å². The molecule has 0 aliphatic heterocycles. The molecule has 0 N–H and O–H groups in total. The molecule has 0 aliphatic carbocycles. The van der Waals surface area contributed by atoms with E-state index in [0.29, 0.717) is 0 Å². The molecule has 0 aliphatic rings. The van der Waals surface area contributed by atoms with Crippen molar-refractivity contribution in [2.24, 2.45) is 11.8 Å². The topological polar surface area (TPSA) is 76.4 Å². The summed E-state index contributed by atoms with van der Waals surface area (Å²) in [5, 5.41) is 8.92. The summed E-state index contributed by atoms with van der Waals surface area (Å²) in [5.74, 6) is -3.21. The monoisotopic (exact) mass is 241 g/mol. The van der Waals surface area contributed by atoms with Gasteiger partial charge in [-0.1, -0.05) is 6.92 Å². The van der Waals surface area contributed by atoms with Crippen LogP contribution in [0.3, 0.4) is 0 Å². The largest absolute Gasteiger partial charge is 0.466 e. The number of nitriles is 1. The van der Waals surface area contributed by atoms with Crippen molar-refractivity contribution in [2.45, 2.75) is 40.2 Å². The lowest BCUT2D eigenvalue weighted by Crippen LogP contribution is -2.34. The number of hydrogen-bond donors (Lipinski definition) is 0. The Morgan fingerprint density at radius 3 is 2.18 bits per heavy atom. The summed E-state index contributed by atoms with van der Waals surface area (Å²) >= 11 is 0. The Labute approximate surface area is 102 Å². The van der Waals surface area contributed by atoms with Gasteiger partial charge in [-0.3, -0.25) is 9.59 Å². The van der Waals surface area contributed by atoms with Gasteiger partial charge in [0.1, 0.15) is 5.60 Å². The molecular formula is C12H19NO4. The highest BCUT2D eigenvalue weighted by molar-refractivity contribution is 5.84. The number of hydrogen-bond acceptors (Lipinski definition) is 5. The Bertz CT molecular complexity index is 324. The fourth-order valence-corrected chi connectivity index (χ4v) is 1.14. The molecule has 0 radical (unpaired) electrons. The number of rotatable bonds is 4. The third-order valence-electron chi connectivity index (χ3n) is 1.96. The lowest BCUT2D eigenvalue weighted by molar-refractivity contribution is -0.164. The molecule has 5 heteroatoms. The quantitative estimate of drug-likeness (QED) is 0.700. The molecule has 0 amide bonds. The van der Waals surface area contributed by atoms with Gasteiger partial charge in [0, 0.05) is 0 Å². The van der Waals surface area contributed by atoms with Gasteiger partial charge in [0.15, 0.2) is 5.92 Å². The van der Waals surface area contributed by atoms with Gasteiger partial charge >= 0.3 is 11.9 Å². The molecule has 2 atom stereocenters. The van der Waals surface area contributed by atoms with Crippen molar-refractivity contribution < 1.29 is 19.1 Å². The van der Waals surface area contributed by atoms with E-state index < -0.39 is 29.4 Å². The second-order valence-electron chi connectivity index (χ2n) is 4.68. The average molecular weight is 241 g/mol. The minimum Gasteiger partial charge on any atom is -0.466 e. The second-order valence-corrected chi connectivity index (χ2v) is 4.68. The Morgan fingerprint density at radius 1 is 1.29 bits per heavy atom. The highest BCUT2D eigenvalue weighted by atomic mass is 16.6. The van der Waals surface area contributed by atoms with Crippen LogP contribution < -0.4 is 0 Å². The standard InChI is InChI=1S/C12H19NO4/c1-6-16-10(14)8(2)9(7-13)11(15)17-12(3,4)5/h8-9H,6H2,1-5H3/t8-,9?/m1/s1. The van der Waals surface area contributed by atoms with Crippen LogP contribution in [-0.2, 0) is 19.1 Å². The second kappa shape index (κ2) is 6.24. The number of carbonyl (C=O) groups excluding carboxylic acids is 2. The number of ether oxygens (including phenoxy) is 2. The van der Waals surface area contributed by atoms with E-state index in [1.54, 1.807) is 33.8 Å². The van der Waals surface area contributed by atoms with Gasteiger partial charge < -0.3 is 9.47 Å². The van der Waals surface area contributed by atoms with E-state index in [1.807, 2.05) is 0 Å². The van der Waals surface area contributed by atoms with Gasteiger partial charge in [-0.15, -0.1) is 0 Å². The van der Waals surface area contributed by atoms with Crippen molar-refractivity contribution in [3.05, 3.63) is 0 Å². The average Bonchev–Trinajstić information content (AvgIpc) is 2.16. The number of esters is 2. The van der Waals surface area contributed by atoms with Crippen LogP contribution in [0, 0.1) is 23.2 Å². The van der Waals surface area contributed by atoms with Crippen LogP contribution in [0.2, 0.25) is 0 Å². The third kappa shape index (κ3) is 5.34. The predicted molar refractivity (Wildman–Crippen MR) is 60.7 cm³/mol. The normalized spacial score (nSPS) is 14.4. The Morgan fingerprint density at radius 2 is 1.82 bits per heavy atom. The Hall–Kier alpha value is -1.57. The summed E-state index contributed by atoms with van der Waals surface area (Å²) in [5.41, 5.74) is -0.680. The maximum atomic E-state index is 11.7. The molecule has 1 unspecified atom stereocenters. The molecule has 5 nitrogen and oxygen atoms in total. The van der Waals surface area contributed by atoms with E-state index in [4.69, 9.17) is 14.7 Å². The summed E-state index contributed by atoms with van der Waals surface area (Å²) in [6.07, 6.45) is 0. The first kappa shape index (κ1) is 15.4. The zero-order chi connectivity index (χ0) is 13.6. The molecule has 0 saturated heterocycles. The van der Waals surface area contributed by atoms with Crippen molar-refractivity contribution in [1.29, 1.82) is 5.26 Å². The van der Waals surface area contributed by atoms with E-state index in [0.717, 1.165) is 0 Å². The van der Waals surface area contributed by atoms with Gasteiger partial charge in [0.25, 0.3) is 0 Å². The minimum absolute atomic E-state index is 0.218. The molecule has 0 aromatic heterocycles. The van der Waals surface area contributed by atoms with E-state index in [-0.39, 0.29) is 6.61 Å². The van der Waals surface area contributed by atoms with Gasteiger partial charge in [0.2, 0.25) is 0 Å². The van der Waals surface area contributed by atoms with Crippen molar-refractivity contribution in [3.8, 4) is 6.07 Å². The first-order valence-electron chi connectivity index (χ1n) is 5.52. The molecule has 0 aromatic carbocycles. The molecular weight excluding hydrogens is 222 g/mol. The summed E-state index contributed by atoms with van der Waals surface area (Å²) in [6, 6.07) is 1.79. The summed E-state index contributed by atoms with van der Waals surface area (Å²) in [4.78, 5) is 23.1. The zero-order valence-electron chi connectivity index (χ0n) is 10.9. The molecule has 17 heavy (non-hydrogen) atoms.